The Morgan fingerprint density at radius 3 is 2.48 bits per heavy atom. The monoisotopic (exact) mass is 372 g/mol. The van der Waals surface area contributed by atoms with Gasteiger partial charge in [0, 0.05) is 7.05 Å². The Kier molecular flexibility index (Phi) is 5.30. The van der Waals surface area contributed by atoms with Crippen LogP contribution in [0.2, 0.25) is 0 Å². The molecule has 0 unspecified atom stereocenters. The Hall–Kier alpha value is -2.70. The first kappa shape index (κ1) is 19.1. The summed E-state index contributed by atoms with van der Waals surface area (Å²) in [7, 11) is 1.78. The van der Waals surface area contributed by atoms with E-state index in [0.29, 0.717) is 12.3 Å². The smallest absolute Gasteiger partial charge is 0.260 e. The molecule has 7 nitrogen and oxygen atoms in total. The lowest BCUT2D eigenvalue weighted by atomic mass is 9.93. The molecular formula is C20H28N4O3. The average Bonchev–Trinajstić information content (AvgIpc) is 3.19. The second-order valence-electron chi connectivity index (χ2n) is 7.27. The molecule has 1 aromatic carbocycles. The van der Waals surface area contributed by atoms with Crippen molar-refractivity contribution >= 4 is 11.7 Å². The summed E-state index contributed by atoms with van der Waals surface area (Å²) in [5, 5.41) is 3.90. The number of aryl methyl sites for hydroxylation is 2. The molecule has 0 saturated heterocycles. The molecule has 7 heteroatoms. The number of hydrogen-bond donors (Lipinski definition) is 2. The van der Waals surface area contributed by atoms with Crippen molar-refractivity contribution in [3.8, 4) is 5.75 Å². The number of carbonyl (C=O) groups excluding carboxylic acids is 1. The number of amides is 1. The lowest BCUT2D eigenvalue weighted by Gasteiger charge is -2.33. The van der Waals surface area contributed by atoms with Crippen molar-refractivity contribution < 1.29 is 14.4 Å². The van der Waals surface area contributed by atoms with Gasteiger partial charge in [0.1, 0.15) is 17.9 Å². The van der Waals surface area contributed by atoms with Crippen LogP contribution in [0.15, 0.2) is 34.6 Å². The van der Waals surface area contributed by atoms with Crippen LogP contribution in [0.4, 0.5) is 0 Å². The maximum Gasteiger partial charge on any atom is 0.260 e. The van der Waals surface area contributed by atoms with Crippen molar-refractivity contribution in [2.24, 2.45) is 16.6 Å². The first-order valence-corrected chi connectivity index (χ1v) is 9.31. The number of nitrogens with zero attached hydrogens (tertiary/aromatic N) is 2. The van der Waals surface area contributed by atoms with Gasteiger partial charge in [-0.05, 0) is 37.8 Å². The van der Waals surface area contributed by atoms with Crippen molar-refractivity contribution in [2.45, 2.75) is 45.1 Å². The molecule has 0 aromatic heterocycles. The zero-order chi connectivity index (χ0) is 19.6. The van der Waals surface area contributed by atoms with Gasteiger partial charge in [-0.2, -0.15) is 0 Å². The topological polar surface area (TPSA) is 103 Å². The van der Waals surface area contributed by atoms with Crippen LogP contribution in [0.1, 0.15) is 36.8 Å². The molecule has 1 amide bonds. The van der Waals surface area contributed by atoms with Crippen LogP contribution in [0.3, 0.4) is 0 Å². The fourth-order valence-corrected chi connectivity index (χ4v) is 4.07. The van der Waals surface area contributed by atoms with Crippen LogP contribution in [-0.2, 0) is 9.63 Å². The molecule has 1 heterocycles. The van der Waals surface area contributed by atoms with Gasteiger partial charge in [0.15, 0.2) is 12.4 Å². The molecule has 1 aliphatic carbocycles. The van der Waals surface area contributed by atoms with Gasteiger partial charge >= 0.3 is 0 Å². The molecule has 0 radical (unpaired) electrons. The number of carbonyl (C=O) groups is 1. The molecule has 146 valence electrons. The van der Waals surface area contributed by atoms with E-state index in [0.717, 1.165) is 42.6 Å². The largest absolute Gasteiger partial charge is 0.489 e. The number of likely N-dealkylation sites (N-methyl/N-ethyl adjacent to an activating group) is 1. The Balaban J connectivity index is 1.61. The summed E-state index contributed by atoms with van der Waals surface area (Å²) in [4.78, 5) is 19.6. The van der Waals surface area contributed by atoms with Gasteiger partial charge < -0.3 is 25.9 Å². The van der Waals surface area contributed by atoms with Crippen molar-refractivity contribution in [3.63, 3.8) is 0 Å². The summed E-state index contributed by atoms with van der Waals surface area (Å²) in [5.41, 5.74) is 14.9. The maximum absolute atomic E-state index is 12.6. The molecule has 1 spiro atoms. The first-order chi connectivity index (χ1) is 12.9. The van der Waals surface area contributed by atoms with E-state index in [2.05, 4.69) is 5.16 Å². The third kappa shape index (κ3) is 3.34. The van der Waals surface area contributed by atoms with E-state index in [-0.39, 0.29) is 23.9 Å². The molecular weight excluding hydrogens is 344 g/mol. The fourth-order valence-electron chi connectivity index (χ4n) is 4.07. The maximum atomic E-state index is 12.6. The van der Waals surface area contributed by atoms with E-state index in [1.807, 2.05) is 32.0 Å². The Morgan fingerprint density at radius 2 is 1.85 bits per heavy atom. The summed E-state index contributed by atoms with van der Waals surface area (Å²) in [5.74, 6) is 0.687. The highest BCUT2D eigenvalue weighted by Gasteiger charge is 2.51. The third-order valence-electron chi connectivity index (χ3n) is 5.61. The molecule has 0 bridgehead atoms. The molecule has 27 heavy (non-hydrogen) atoms. The van der Waals surface area contributed by atoms with Gasteiger partial charge in [0.05, 0.1) is 11.2 Å². The molecule has 3 rings (SSSR count). The van der Waals surface area contributed by atoms with Crippen LogP contribution in [0, 0.1) is 13.8 Å². The van der Waals surface area contributed by atoms with E-state index >= 15 is 0 Å². The number of hydrogen-bond acceptors (Lipinski definition) is 5. The van der Waals surface area contributed by atoms with Gasteiger partial charge in [-0.25, -0.2) is 0 Å². The highest BCUT2D eigenvalue weighted by atomic mass is 16.6. The predicted molar refractivity (Wildman–Crippen MR) is 104 cm³/mol. The lowest BCUT2D eigenvalue weighted by Crippen LogP contribution is -2.45. The summed E-state index contributed by atoms with van der Waals surface area (Å²) in [6, 6.07) is 5.98. The normalized spacial score (nSPS) is 19.3. The van der Waals surface area contributed by atoms with Crippen molar-refractivity contribution in [2.75, 3.05) is 20.3 Å². The minimum atomic E-state index is -0.405. The molecule has 0 atom stereocenters. The summed E-state index contributed by atoms with van der Waals surface area (Å²) >= 11 is 0. The summed E-state index contributed by atoms with van der Waals surface area (Å²) in [6.45, 7) is 4.54. The number of benzene rings is 1. The highest BCUT2D eigenvalue weighted by molar-refractivity contribution is 6.22. The van der Waals surface area contributed by atoms with Crippen molar-refractivity contribution in [1.29, 1.82) is 0 Å². The standard InChI is InChI=1S/C20H28N4O3/c1-13-7-6-8-14(2)16(13)26-11-12-27-23-18(22)15-17(21)20(9-4-5-10-20)24(3)19(15)25/h6-8H,4-5,9-12,21H2,1-3H3,(H2,22,23). The van der Waals surface area contributed by atoms with E-state index in [1.165, 1.54) is 0 Å². The third-order valence-corrected chi connectivity index (χ3v) is 5.61. The Labute approximate surface area is 160 Å². The van der Waals surface area contributed by atoms with Crippen molar-refractivity contribution in [1.82, 2.24) is 4.90 Å². The van der Waals surface area contributed by atoms with Crippen LogP contribution < -0.4 is 16.2 Å². The van der Waals surface area contributed by atoms with Crippen LogP contribution in [-0.4, -0.2) is 42.4 Å². The zero-order valence-electron chi connectivity index (χ0n) is 16.2. The van der Waals surface area contributed by atoms with E-state index in [4.69, 9.17) is 21.0 Å². The Bertz CT molecular complexity index is 774. The van der Waals surface area contributed by atoms with Crippen LogP contribution >= 0.6 is 0 Å². The molecule has 1 aliphatic heterocycles. The highest BCUT2D eigenvalue weighted by Crippen LogP contribution is 2.44. The second-order valence-corrected chi connectivity index (χ2v) is 7.27. The van der Waals surface area contributed by atoms with Crippen molar-refractivity contribution in [3.05, 3.63) is 40.6 Å². The van der Waals surface area contributed by atoms with Crippen LogP contribution in [0.5, 0.6) is 5.75 Å². The molecule has 1 saturated carbocycles. The Morgan fingerprint density at radius 1 is 1.22 bits per heavy atom. The van der Waals surface area contributed by atoms with E-state index in [1.54, 1.807) is 11.9 Å². The molecule has 1 fully saturated rings. The molecule has 2 aliphatic rings. The number of para-hydroxylation sites is 1. The van der Waals surface area contributed by atoms with Crippen LogP contribution in [0.25, 0.3) is 0 Å². The second kappa shape index (κ2) is 7.50. The number of oxime groups is 1. The first-order valence-electron chi connectivity index (χ1n) is 9.31. The average molecular weight is 372 g/mol. The minimum absolute atomic E-state index is 0.0280. The number of nitrogens with two attached hydrogens (primary N) is 2. The van der Waals surface area contributed by atoms with E-state index in [9.17, 15) is 4.79 Å². The minimum Gasteiger partial charge on any atom is -0.489 e. The number of amidine groups is 1. The van der Waals surface area contributed by atoms with Gasteiger partial charge in [0.25, 0.3) is 5.91 Å². The summed E-state index contributed by atoms with van der Waals surface area (Å²) < 4.78 is 5.76. The number of rotatable bonds is 6. The van der Waals surface area contributed by atoms with Gasteiger partial charge in [-0.1, -0.05) is 36.2 Å². The SMILES string of the molecule is Cc1cccc(C)c1OCCO/N=C(/N)C1=C(N)C2(CCCC2)N(C)C1=O. The molecule has 1 aromatic rings. The van der Waals surface area contributed by atoms with Gasteiger partial charge in [-0.15, -0.1) is 0 Å². The number of ether oxygens (including phenoxy) is 1. The fraction of sp³-hybridized carbons (Fsp3) is 0.500. The van der Waals surface area contributed by atoms with Gasteiger partial charge in [0.2, 0.25) is 0 Å². The zero-order valence-corrected chi connectivity index (χ0v) is 16.2. The molecule has 4 N–H and O–H groups in total. The summed E-state index contributed by atoms with van der Waals surface area (Å²) in [6.07, 6.45) is 3.83. The lowest BCUT2D eigenvalue weighted by molar-refractivity contribution is -0.127. The van der Waals surface area contributed by atoms with E-state index < -0.39 is 5.54 Å². The predicted octanol–water partition coefficient (Wildman–Crippen LogP) is 1.97. The quantitative estimate of drug-likeness (QED) is 0.344. The van der Waals surface area contributed by atoms with Gasteiger partial charge in [-0.3, -0.25) is 4.79 Å².